The second-order valence-electron chi connectivity index (χ2n) is 22.3. The zero-order valence-corrected chi connectivity index (χ0v) is 44.8. The molecule has 78 heavy (non-hydrogen) atoms. The lowest BCUT2D eigenvalue weighted by atomic mass is 9.70. The normalized spacial score (nSPS) is 13.2. The maximum atomic E-state index is 7.29. The molecule has 0 N–H and O–H groups in total. The van der Waals surface area contributed by atoms with Crippen molar-refractivity contribution < 1.29 is 8.83 Å². The van der Waals surface area contributed by atoms with Crippen molar-refractivity contribution in [2.45, 2.75) is 32.0 Å². The van der Waals surface area contributed by atoms with Crippen LogP contribution in [0.3, 0.4) is 0 Å². The van der Waals surface area contributed by atoms with Crippen molar-refractivity contribution in [3.63, 3.8) is 0 Å². The fourth-order valence-corrected chi connectivity index (χ4v) is 15.3. The van der Waals surface area contributed by atoms with E-state index in [2.05, 4.69) is 279 Å². The van der Waals surface area contributed by atoms with E-state index in [1.807, 2.05) is 0 Å². The fourth-order valence-electron chi connectivity index (χ4n) is 13.8. The van der Waals surface area contributed by atoms with Crippen LogP contribution in [0.25, 0.3) is 87.7 Å². The largest absolute Gasteiger partial charge is 0.454 e. The van der Waals surface area contributed by atoms with E-state index in [-0.39, 0.29) is 0 Å². The van der Waals surface area contributed by atoms with Crippen LogP contribution < -0.4 is 15.0 Å². The molecule has 12 aromatic carbocycles. The Labute approximate surface area is 453 Å². The summed E-state index contributed by atoms with van der Waals surface area (Å²) in [6.07, 6.45) is 0. The second-order valence-corrected chi connectivity index (χ2v) is 27.3. The monoisotopic (exact) mass is 1020 g/mol. The smallest absolute Gasteiger partial charge is 0.159 e. The van der Waals surface area contributed by atoms with Gasteiger partial charge in [-0.2, -0.15) is 0 Å². The Bertz CT molecular complexity index is 4770. The minimum absolute atomic E-state index is 0.736. The highest BCUT2D eigenvalue weighted by molar-refractivity contribution is 6.90. The summed E-state index contributed by atoms with van der Waals surface area (Å²) in [4.78, 5) is 4.93. The first-order valence-corrected chi connectivity index (χ1v) is 30.7. The van der Waals surface area contributed by atoms with E-state index < -0.39 is 13.5 Å². The van der Waals surface area contributed by atoms with Crippen molar-refractivity contribution in [2.75, 3.05) is 9.80 Å². The number of fused-ring (bicyclic) bond motifs is 20. The SMILES string of the molecule is Cc1cccc2c1oc1c(N(c3ccccc3)c3cc4c(c5ccccc35)-c3c(cc(N(c5ccccc5)c5cccc6c5oc5c([Si](C)(C)C)cccc56)c5ccccc35)C43c4ccccc4-c4ccccc43)cccc12. The molecule has 0 amide bonds. The number of hydrogen-bond donors (Lipinski definition) is 0. The minimum Gasteiger partial charge on any atom is -0.454 e. The molecular formula is C73H52N2O2Si. The quantitative estimate of drug-likeness (QED) is 0.149. The fraction of sp³-hybridized carbons (Fsp3) is 0.0685. The molecule has 2 aliphatic carbocycles. The molecule has 0 radical (unpaired) electrons. The van der Waals surface area contributed by atoms with E-state index in [0.717, 1.165) is 94.3 Å². The molecule has 2 aromatic heterocycles. The summed E-state index contributed by atoms with van der Waals surface area (Å²) in [6.45, 7) is 9.36. The first-order valence-electron chi connectivity index (χ1n) is 27.2. The van der Waals surface area contributed by atoms with Crippen LogP contribution in [0.4, 0.5) is 34.1 Å². The Kier molecular flexibility index (Phi) is 9.51. The van der Waals surface area contributed by atoms with E-state index >= 15 is 0 Å². The molecule has 0 unspecified atom stereocenters. The van der Waals surface area contributed by atoms with Gasteiger partial charge in [0.1, 0.15) is 11.2 Å². The summed E-state index contributed by atoms with van der Waals surface area (Å²) in [7, 11) is -1.80. The molecule has 14 aromatic rings. The van der Waals surface area contributed by atoms with Crippen molar-refractivity contribution in [1.29, 1.82) is 0 Å². The van der Waals surface area contributed by atoms with Crippen LogP contribution in [0.5, 0.6) is 0 Å². The van der Waals surface area contributed by atoms with Crippen LogP contribution in [0.15, 0.2) is 251 Å². The van der Waals surface area contributed by atoms with Crippen LogP contribution >= 0.6 is 0 Å². The molecule has 0 bridgehead atoms. The number of hydrogen-bond acceptors (Lipinski definition) is 4. The first kappa shape index (κ1) is 44.8. The average Bonchev–Trinajstić information content (AvgIpc) is 3.86. The summed E-state index contributed by atoms with van der Waals surface area (Å²) in [6, 6.07) is 89.9. The van der Waals surface area contributed by atoms with Crippen LogP contribution in [0, 0.1) is 6.92 Å². The Morgan fingerprint density at radius 3 is 1.21 bits per heavy atom. The lowest BCUT2D eigenvalue weighted by molar-refractivity contribution is 0.666. The predicted molar refractivity (Wildman–Crippen MR) is 329 cm³/mol. The summed E-state index contributed by atoms with van der Waals surface area (Å²) in [5, 5.41) is 10.5. The van der Waals surface area contributed by atoms with Gasteiger partial charge in [-0.15, -0.1) is 0 Å². The van der Waals surface area contributed by atoms with Gasteiger partial charge < -0.3 is 18.6 Å². The third-order valence-electron chi connectivity index (χ3n) is 17.1. The summed E-state index contributed by atoms with van der Waals surface area (Å²) < 4.78 is 14.3. The third kappa shape index (κ3) is 6.10. The summed E-state index contributed by atoms with van der Waals surface area (Å²) in [5.74, 6) is 0. The Hall–Kier alpha value is -9.42. The van der Waals surface area contributed by atoms with Gasteiger partial charge in [-0.05, 0) is 121 Å². The molecule has 2 aliphatic rings. The highest BCUT2D eigenvalue weighted by atomic mass is 28.3. The molecule has 0 atom stereocenters. The van der Waals surface area contributed by atoms with Gasteiger partial charge in [0.25, 0.3) is 0 Å². The molecular weight excluding hydrogens is 965 g/mol. The van der Waals surface area contributed by atoms with E-state index in [0.29, 0.717) is 0 Å². The van der Waals surface area contributed by atoms with Crippen molar-refractivity contribution >= 4 is 113 Å². The number of rotatable bonds is 7. The van der Waals surface area contributed by atoms with Crippen molar-refractivity contribution in [3.05, 3.63) is 270 Å². The number of para-hydroxylation sites is 6. The molecule has 4 nitrogen and oxygen atoms in total. The number of nitrogens with zero attached hydrogens (tertiary/aromatic N) is 2. The van der Waals surface area contributed by atoms with Crippen LogP contribution in [0.1, 0.15) is 27.8 Å². The minimum atomic E-state index is -1.80. The van der Waals surface area contributed by atoms with Crippen molar-refractivity contribution in [3.8, 4) is 22.3 Å². The van der Waals surface area contributed by atoms with E-state index in [1.165, 1.54) is 60.5 Å². The lowest BCUT2D eigenvalue weighted by Crippen LogP contribution is -2.37. The van der Waals surface area contributed by atoms with Crippen molar-refractivity contribution in [1.82, 2.24) is 0 Å². The molecule has 0 saturated heterocycles. The van der Waals surface area contributed by atoms with Crippen LogP contribution in [0.2, 0.25) is 19.6 Å². The predicted octanol–water partition coefficient (Wildman–Crippen LogP) is 19.9. The van der Waals surface area contributed by atoms with Crippen molar-refractivity contribution in [2.24, 2.45) is 0 Å². The van der Waals surface area contributed by atoms with Gasteiger partial charge in [-0.3, -0.25) is 0 Å². The molecule has 370 valence electrons. The molecule has 2 heterocycles. The number of aryl methyl sites for hydroxylation is 1. The second kappa shape index (κ2) is 16.5. The molecule has 1 spiro atoms. The van der Waals surface area contributed by atoms with E-state index in [1.54, 1.807) is 0 Å². The molecule has 0 saturated carbocycles. The molecule has 5 heteroatoms. The molecule has 0 fully saturated rings. The van der Waals surface area contributed by atoms with E-state index in [4.69, 9.17) is 8.83 Å². The van der Waals surface area contributed by atoms with Gasteiger partial charge in [0.2, 0.25) is 0 Å². The van der Waals surface area contributed by atoms with Gasteiger partial charge >= 0.3 is 0 Å². The highest BCUT2D eigenvalue weighted by Gasteiger charge is 2.53. The van der Waals surface area contributed by atoms with Crippen LogP contribution in [-0.4, -0.2) is 8.07 Å². The topological polar surface area (TPSA) is 32.8 Å². The zero-order chi connectivity index (χ0) is 52.0. The maximum absolute atomic E-state index is 7.29. The Morgan fingerprint density at radius 1 is 0.321 bits per heavy atom. The Morgan fingerprint density at radius 2 is 0.705 bits per heavy atom. The first-order chi connectivity index (χ1) is 38.3. The summed E-state index contributed by atoms with van der Waals surface area (Å²) >= 11 is 0. The molecule has 16 rings (SSSR count). The van der Waals surface area contributed by atoms with Gasteiger partial charge in [0.05, 0.1) is 36.2 Å². The number of anilines is 6. The number of furan rings is 2. The zero-order valence-electron chi connectivity index (χ0n) is 43.8. The maximum Gasteiger partial charge on any atom is 0.159 e. The third-order valence-corrected chi connectivity index (χ3v) is 19.1. The van der Waals surface area contributed by atoms with Gasteiger partial charge in [0.15, 0.2) is 11.2 Å². The Balaban J connectivity index is 1.05. The summed E-state index contributed by atoms with van der Waals surface area (Å²) in [5.41, 5.74) is 20.4. The van der Waals surface area contributed by atoms with Gasteiger partial charge in [-0.1, -0.05) is 214 Å². The molecule has 0 aliphatic heterocycles. The average molecular weight is 1020 g/mol. The number of benzene rings is 12. The standard InChI is InChI=1S/C73H52N2O2Si/c1-45-23-19-34-54-55-35-20-40-62(70(55)76-69(45)54)74(46-24-7-5-8-25-46)64-43-60-67(52-32-13-11-30-50(52)64)68-53-33-14-12-31-51(53)65(44-61(68)73(60)58-38-17-15-28-48(58)49-29-16-18-39-59(49)73)75(47-26-9-6-10-27-47)63-41-21-36-56-57-37-22-42-66(78(2,3)4)72(57)77-71(56)63/h5-44H,1-4H3. The highest BCUT2D eigenvalue weighted by Crippen LogP contribution is 2.67. The van der Waals surface area contributed by atoms with Crippen LogP contribution in [-0.2, 0) is 5.41 Å². The van der Waals surface area contributed by atoms with Gasteiger partial charge in [0, 0.05) is 43.7 Å². The van der Waals surface area contributed by atoms with Gasteiger partial charge in [-0.25, -0.2) is 0 Å². The lowest BCUT2D eigenvalue weighted by Gasteiger charge is -2.34. The van der Waals surface area contributed by atoms with E-state index in [9.17, 15) is 0 Å².